The summed E-state index contributed by atoms with van der Waals surface area (Å²) in [6.07, 6.45) is 0. The molecule has 1 aromatic carbocycles. The summed E-state index contributed by atoms with van der Waals surface area (Å²) in [6, 6.07) is 9.83. The molecule has 2 N–H and O–H groups in total. The first-order chi connectivity index (χ1) is 9.60. The molecule has 1 heterocycles. The Morgan fingerprint density at radius 2 is 2.05 bits per heavy atom. The van der Waals surface area contributed by atoms with Gasteiger partial charge in [0.05, 0.1) is 0 Å². The molecular weight excluding hydrogens is 271 g/mol. The predicted octanol–water partition coefficient (Wildman–Crippen LogP) is 3.76. The van der Waals surface area contributed by atoms with E-state index in [-0.39, 0.29) is 5.82 Å². The molecule has 0 atom stereocenters. The van der Waals surface area contributed by atoms with Gasteiger partial charge in [0.1, 0.15) is 5.82 Å². The zero-order chi connectivity index (χ0) is 14.5. The maximum Gasteiger partial charge on any atom is 0.128 e. The number of halogens is 1. The number of rotatable bonds is 6. The molecule has 0 unspecified atom stereocenters. The minimum absolute atomic E-state index is 0.162. The van der Waals surface area contributed by atoms with Crippen molar-refractivity contribution in [3.05, 3.63) is 57.5 Å². The van der Waals surface area contributed by atoms with Crippen LogP contribution in [0.25, 0.3) is 0 Å². The van der Waals surface area contributed by atoms with Crippen molar-refractivity contribution in [1.82, 2.24) is 4.90 Å². The Morgan fingerprint density at radius 1 is 1.25 bits per heavy atom. The molecule has 0 spiro atoms. The van der Waals surface area contributed by atoms with E-state index in [9.17, 15) is 4.39 Å². The highest BCUT2D eigenvalue weighted by molar-refractivity contribution is 7.09. The number of benzene rings is 1. The topological polar surface area (TPSA) is 29.3 Å². The third kappa shape index (κ3) is 3.88. The van der Waals surface area contributed by atoms with Crippen LogP contribution >= 0.6 is 11.3 Å². The Hall–Kier alpha value is -1.23. The van der Waals surface area contributed by atoms with Crippen molar-refractivity contribution in [2.24, 2.45) is 5.73 Å². The van der Waals surface area contributed by atoms with Crippen LogP contribution in [-0.4, -0.2) is 10.9 Å². The van der Waals surface area contributed by atoms with E-state index < -0.39 is 0 Å². The van der Waals surface area contributed by atoms with E-state index >= 15 is 0 Å². The minimum Gasteiger partial charge on any atom is -0.326 e. The quantitative estimate of drug-likeness (QED) is 0.878. The van der Waals surface area contributed by atoms with Crippen molar-refractivity contribution in [3.8, 4) is 0 Å². The second-order valence-electron chi connectivity index (χ2n) is 5.21. The van der Waals surface area contributed by atoms with Crippen LogP contribution in [0, 0.1) is 5.82 Å². The number of nitrogens with two attached hydrogens (primary N) is 1. The van der Waals surface area contributed by atoms with Crippen molar-refractivity contribution in [3.63, 3.8) is 0 Å². The Bertz CT molecular complexity index is 537. The summed E-state index contributed by atoms with van der Waals surface area (Å²) in [6.45, 7) is 6.12. The van der Waals surface area contributed by atoms with Crippen molar-refractivity contribution in [2.45, 2.75) is 39.5 Å². The van der Waals surface area contributed by atoms with Crippen molar-refractivity contribution in [2.75, 3.05) is 0 Å². The van der Waals surface area contributed by atoms with Gasteiger partial charge in [0, 0.05) is 36.1 Å². The van der Waals surface area contributed by atoms with Gasteiger partial charge >= 0.3 is 0 Å². The maximum absolute atomic E-state index is 14.1. The van der Waals surface area contributed by atoms with Gasteiger partial charge in [-0.3, -0.25) is 4.90 Å². The Kier molecular flexibility index (Phi) is 5.29. The first kappa shape index (κ1) is 15.2. The van der Waals surface area contributed by atoms with Gasteiger partial charge in [-0.05, 0) is 36.9 Å². The summed E-state index contributed by atoms with van der Waals surface area (Å²) in [5, 5.41) is 2.07. The van der Waals surface area contributed by atoms with Gasteiger partial charge in [-0.1, -0.05) is 18.2 Å². The first-order valence-corrected chi connectivity index (χ1v) is 7.72. The highest BCUT2D eigenvalue weighted by atomic mass is 32.1. The third-order valence-electron chi connectivity index (χ3n) is 3.40. The normalized spacial score (nSPS) is 11.5. The van der Waals surface area contributed by atoms with Crippen LogP contribution in [0.3, 0.4) is 0 Å². The lowest BCUT2D eigenvalue weighted by Gasteiger charge is -2.26. The summed E-state index contributed by atoms with van der Waals surface area (Å²) >= 11 is 1.74. The smallest absolute Gasteiger partial charge is 0.128 e. The fraction of sp³-hybridized carbons (Fsp3) is 0.375. The van der Waals surface area contributed by atoms with Crippen molar-refractivity contribution in [1.29, 1.82) is 0 Å². The van der Waals surface area contributed by atoms with Crippen molar-refractivity contribution >= 4 is 11.3 Å². The molecule has 0 fully saturated rings. The van der Waals surface area contributed by atoms with Crippen LogP contribution in [0.2, 0.25) is 0 Å². The van der Waals surface area contributed by atoms with E-state index in [1.165, 1.54) is 4.88 Å². The first-order valence-electron chi connectivity index (χ1n) is 6.84. The molecule has 0 bridgehead atoms. The van der Waals surface area contributed by atoms with Gasteiger partial charge < -0.3 is 5.73 Å². The van der Waals surface area contributed by atoms with Crippen molar-refractivity contribution < 1.29 is 4.39 Å². The second kappa shape index (κ2) is 6.97. The molecule has 0 aliphatic rings. The zero-order valence-corrected chi connectivity index (χ0v) is 12.8. The summed E-state index contributed by atoms with van der Waals surface area (Å²) < 4.78 is 14.1. The van der Waals surface area contributed by atoms with Crippen LogP contribution in [0.1, 0.15) is 29.9 Å². The summed E-state index contributed by atoms with van der Waals surface area (Å²) in [5.41, 5.74) is 7.10. The SMILES string of the molecule is CC(C)N(Cc1cccs1)Cc1ccc(CN)cc1F. The van der Waals surface area contributed by atoms with E-state index in [0.29, 0.717) is 19.1 Å². The van der Waals surface area contributed by atoms with E-state index in [1.54, 1.807) is 17.4 Å². The number of hydrogen-bond donors (Lipinski definition) is 1. The van der Waals surface area contributed by atoms with Crippen LogP contribution in [0.4, 0.5) is 4.39 Å². The Labute approximate surface area is 124 Å². The largest absolute Gasteiger partial charge is 0.326 e. The Balaban J connectivity index is 2.11. The van der Waals surface area contributed by atoms with E-state index in [0.717, 1.165) is 17.7 Å². The average molecular weight is 292 g/mol. The van der Waals surface area contributed by atoms with Gasteiger partial charge in [-0.15, -0.1) is 11.3 Å². The van der Waals surface area contributed by atoms with E-state index in [4.69, 9.17) is 5.73 Å². The molecule has 0 aliphatic heterocycles. The predicted molar refractivity (Wildman–Crippen MR) is 83.0 cm³/mol. The molecule has 0 saturated heterocycles. The lowest BCUT2D eigenvalue weighted by Crippen LogP contribution is -2.29. The molecule has 0 aliphatic carbocycles. The van der Waals surface area contributed by atoms with Gasteiger partial charge in [-0.2, -0.15) is 0 Å². The maximum atomic E-state index is 14.1. The summed E-state index contributed by atoms with van der Waals surface area (Å²) in [7, 11) is 0. The zero-order valence-electron chi connectivity index (χ0n) is 12.0. The van der Waals surface area contributed by atoms with Crippen LogP contribution in [-0.2, 0) is 19.6 Å². The van der Waals surface area contributed by atoms with Gasteiger partial charge in [-0.25, -0.2) is 4.39 Å². The standard InChI is InChI=1S/C16H21FN2S/c1-12(2)19(11-15-4-3-7-20-15)10-14-6-5-13(9-18)8-16(14)17/h3-8,12H,9-11,18H2,1-2H3. The molecule has 1 aromatic heterocycles. The molecule has 2 rings (SSSR count). The molecule has 0 radical (unpaired) electrons. The third-order valence-corrected chi connectivity index (χ3v) is 4.26. The molecule has 20 heavy (non-hydrogen) atoms. The van der Waals surface area contributed by atoms with Gasteiger partial charge in [0.15, 0.2) is 0 Å². The molecular formula is C16H21FN2S. The van der Waals surface area contributed by atoms with E-state index in [2.05, 4.69) is 36.3 Å². The van der Waals surface area contributed by atoms with Crippen LogP contribution in [0.15, 0.2) is 35.7 Å². The fourth-order valence-electron chi connectivity index (χ4n) is 2.09. The average Bonchev–Trinajstić information content (AvgIpc) is 2.92. The summed E-state index contributed by atoms with van der Waals surface area (Å²) in [5.74, 6) is -0.162. The number of thiophene rings is 1. The van der Waals surface area contributed by atoms with Gasteiger partial charge in [0.25, 0.3) is 0 Å². The Morgan fingerprint density at radius 3 is 2.60 bits per heavy atom. The fourth-order valence-corrected chi connectivity index (χ4v) is 2.82. The second-order valence-corrected chi connectivity index (χ2v) is 6.24. The highest BCUT2D eigenvalue weighted by Crippen LogP contribution is 2.19. The number of hydrogen-bond acceptors (Lipinski definition) is 3. The lowest BCUT2D eigenvalue weighted by molar-refractivity contribution is 0.203. The minimum atomic E-state index is -0.162. The van der Waals surface area contributed by atoms with Crippen LogP contribution in [0.5, 0.6) is 0 Å². The molecule has 0 saturated carbocycles. The van der Waals surface area contributed by atoms with E-state index in [1.807, 2.05) is 12.1 Å². The lowest BCUT2D eigenvalue weighted by atomic mass is 10.1. The monoisotopic (exact) mass is 292 g/mol. The highest BCUT2D eigenvalue weighted by Gasteiger charge is 2.14. The van der Waals surface area contributed by atoms with Gasteiger partial charge in [0.2, 0.25) is 0 Å². The molecule has 2 aromatic rings. The molecule has 108 valence electrons. The molecule has 4 heteroatoms. The number of nitrogens with zero attached hydrogens (tertiary/aromatic N) is 1. The molecule has 2 nitrogen and oxygen atoms in total. The molecule has 0 amide bonds. The summed E-state index contributed by atoms with van der Waals surface area (Å²) in [4.78, 5) is 3.57. The van der Waals surface area contributed by atoms with Crippen LogP contribution < -0.4 is 5.73 Å².